The minimum Gasteiger partial charge on any atom is -0.383 e. The quantitative estimate of drug-likeness (QED) is 0.491. The Kier molecular flexibility index (Phi) is 3.79. The van der Waals surface area contributed by atoms with Crippen LogP contribution >= 0.6 is 11.6 Å². The van der Waals surface area contributed by atoms with Gasteiger partial charge in [-0.3, -0.25) is 4.79 Å². The van der Waals surface area contributed by atoms with E-state index in [1.54, 1.807) is 24.3 Å². The van der Waals surface area contributed by atoms with Crippen molar-refractivity contribution in [2.45, 2.75) is 6.92 Å². The van der Waals surface area contributed by atoms with Crippen LogP contribution in [-0.2, 0) is 0 Å². The molecule has 1 aromatic carbocycles. The molecule has 0 saturated heterocycles. The third-order valence-corrected chi connectivity index (χ3v) is 2.72. The summed E-state index contributed by atoms with van der Waals surface area (Å²) in [5.74, 6) is 5.93. The number of carbonyl (C=O) groups excluding carboxylic acids is 1. The van der Waals surface area contributed by atoms with Crippen molar-refractivity contribution in [3.05, 3.63) is 52.4 Å². The third-order valence-electron chi connectivity index (χ3n) is 2.43. The zero-order valence-electron chi connectivity index (χ0n) is 10.1. The summed E-state index contributed by atoms with van der Waals surface area (Å²) in [6, 6.07) is 7.02. The van der Waals surface area contributed by atoms with Crippen LogP contribution in [0.3, 0.4) is 0 Å². The molecular formula is C14H10ClN3O. The molecule has 5 heteroatoms. The van der Waals surface area contributed by atoms with E-state index in [1.165, 1.54) is 13.3 Å². The molecule has 0 bridgehead atoms. The number of hydrogen-bond acceptors (Lipinski definition) is 4. The lowest BCUT2D eigenvalue weighted by Crippen LogP contribution is -1.96. The van der Waals surface area contributed by atoms with E-state index in [4.69, 9.17) is 17.3 Å². The van der Waals surface area contributed by atoms with E-state index >= 15 is 0 Å². The van der Waals surface area contributed by atoms with Crippen molar-refractivity contribution < 1.29 is 4.79 Å². The van der Waals surface area contributed by atoms with Crippen molar-refractivity contribution in [3.63, 3.8) is 0 Å². The first kappa shape index (κ1) is 13.1. The van der Waals surface area contributed by atoms with Gasteiger partial charge in [0, 0.05) is 11.1 Å². The minimum atomic E-state index is -0.00996. The van der Waals surface area contributed by atoms with Gasteiger partial charge in [-0.2, -0.15) is 0 Å². The van der Waals surface area contributed by atoms with E-state index in [2.05, 4.69) is 21.8 Å². The fraction of sp³-hybridized carbons (Fsp3) is 0.0714. The molecule has 94 valence electrons. The smallest absolute Gasteiger partial charge is 0.159 e. The average molecular weight is 272 g/mol. The van der Waals surface area contributed by atoms with Crippen molar-refractivity contribution in [1.82, 2.24) is 9.97 Å². The van der Waals surface area contributed by atoms with Crippen LogP contribution in [-0.4, -0.2) is 15.8 Å². The third kappa shape index (κ3) is 3.09. The molecule has 1 heterocycles. The summed E-state index contributed by atoms with van der Waals surface area (Å²) in [7, 11) is 0. The molecule has 0 amide bonds. The Labute approximate surface area is 115 Å². The molecule has 0 aliphatic rings. The van der Waals surface area contributed by atoms with Crippen LogP contribution in [0.1, 0.15) is 28.4 Å². The Balaban J connectivity index is 2.39. The van der Waals surface area contributed by atoms with Crippen LogP contribution in [0.4, 0.5) is 5.82 Å². The predicted octanol–water partition coefficient (Wildman–Crippen LogP) is 2.31. The zero-order valence-corrected chi connectivity index (χ0v) is 10.9. The first-order chi connectivity index (χ1) is 9.08. The highest BCUT2D eigenvalue weighted by molar-refractivity contribution is 6.30. The van der Waals surface area contributed by atoms with Crippen molar-refractivity contribution in [2.24, 2.45) is 0 Å². The van der Waals surface area contributed by atoms with Crippen molar-refractivity contribution >= 4 is 23.2 Å². The van der Waals surface area contributed by atoms with Gasteiger partial charge in [0.1, 0.15) is 22.9 Å². The van der Waals surface area contributed by atoms with Crippen molar-refractivity contribution in [2.75, 3.05) is 5.73 Å². The predicted molar refractivity (Wildman–Crippen MR) is 73.9 cm³/mol. The molecule has 0 aliphatic carbocycles. The molecule has 2 N–H and O–H groups in total. The van der Waals surface area contributed by atoms with Gasteiger partial charge >= 0.3 is 0 Å². The van der Waals surface area contributed by atoms with E-state index in [1.807, 2.05) is 0 Å². The summed E-state index contributed by atoms with van der Waals surface area (Å²) in [6.07, 6.45) is 1.28. The highest BCUT2D eigenvalue weighted by Gasteiger charge is 2.03. The monoisotopic (exact) mass is 271 g/mol. The largest absolute Gasteiger partial charge is 0.383 e. The van der Waals surface area contributed by atoms with Crippen LogP contribution in [0.15, 0.2) is 30.6 Å². The molecule has 2 rings (SSSR count). The maximum absolute atomic E-state index is 11.3. The van der Waals surface area contributed by atoms with Crippen LogP contribution < -0.4 is 5.73 Å². The fourth-order valence-electron chi connectivity index (χ4n) is 1.44. The molecule has 0 atom stereocenters. The lowest BCUT2D eigenvalue weighted by atomic mass is 10.1. The Morgan fingerprint density at radius 3 is 2.79 bits per heavy atom. The fourth-order valence-corrected chi connectivity index (χ4v) is 1.63. The van der Waals surface area contributed by atoms with Gasteiger partial charge in [0.15, 0.2) is 5.78 Å². The SMILES string of the molecule is CC(=O)c1cccc(C#Cc2c(N)ncnc2Cl)c1. The number of carbonyl (C=O) groups is 1. The molecule has 0 radical (unpaired) electrons. The normalized spacial score (nSPS) is 9.58. The number of Topliss-reactive ketones (excluding diaryl/α,β-unsaturated/α-hetero) is 1. The van der Waals surface area contributed by atoms with Gasteiger partial charge in [-0.1, -0.05) is 35.6 Å². The lowest BCUT2D eigenvalue weighted by molar-refractivity contribution is 0.101. The van der Waals surface area contributed by atoms with Gasteiger partial charge in [-0.05, 0) is 19.1 Å². The molecule has 0 saturated carbocycles. The molecule has 19 heavy (non-hydrogen) atoms. The van der Waals surface area contributed by atoms with Gasteiger partial charge in [-0.15, -0.1) is 0 Å². The first-order valence-corrected chi connectivity index (χ1v) is 5.84. The number of halogens is 1. The number of benzene rings is 1. The first-order valence-electron chi connectivity index (χ1n) is 5.47. The van der Waals surface area contributed by atoms with Gasteiger partial charge in [-0.25, -0.2) is 9.97 Å². The van der Waals surface area contributed by atoms with Gasteiger partial charge < -0.3 is 5.73 Å². The Morgan fingerprint density at radius 1 is 1.32 bits per heavy atom. The van der Waals surface area contributed by atoms with Gasteiger partial charge in [0.05, 0.1) is 0 Å². The highest BCUT2D eigenvalue weighted by Crippen LogP contribution is 2.15. The summed E-state index contributed by atoms with van der Waals surface area (Å²) in [6.45, 7) is 1.51. The second-order valence-corrected chi connectivity index (χ2v) is 4.17. The number of anilines is 1. The van der Waals surface area contributed by atoms with Gasteiger partial charge in [0.25, 0.3) is 0 Å². The number of rotatable bonds is 1. The van der Waals surface area contributed by atoms with E-state index < -0.39 is 0 Å². The molecule has 0 fully saturated rings. The number of hydrogen-bond donors (Lipinski definition) is 1. The molecule has 2 aromatic rings. The van der Waals surface area contributed by atoms with Crippen molar-refractivity contribution in [1.29, 1.82) is 0 Å². The number of nitrogens with zero attached hydrogens (tertiary/aromatic N) is 2. The van der Waals surface area contributed by atoms with Crippen LogP contribution in [0.2, 0.25) is 5.15 Å². The number of nitrogen functional groups attached to an aromatic ring is 1. The standard InChI is InChI=1S/C14H10ClN3O/c1-9(19)11-4-2-3-10(7-11)5-6-12-13(15)17-8-18-14(12)16/h2-4,7-8H,1H3,(H2,16,17,18). The summed E-state index contributed by atoms with van der Waals surface area (Å²) in [4.78, 5) is 18.9. The Bertz CT molecular complexity index is 681. The summed E-state index contributed by atoms with van der Waals surface area (Å²) < 4.78 is 0. The van der Waals surface area contributed by atoms with E-state index in [-0.39, 0.29) is 16.8 Å². The highest BCUT2D eigenvalue weighted by atomic mass is 35.5. The van der Waals surface area contributed by atoms with Crippen molar-refractivity contribution in [3.8, 4) is 11.8 Å². The molecule has 1 aromatic heterocycles. The lowest BCUT2D eigenvalue weighted by Gasteiger charge is -1.98. The van der Waals surface area contributed by atoms with Crippen LogP contribution in [0.5, 0.6) is 0 Å². The van der Waals surface area contributed by atoms with Crippen LogP contribution in [0, 0.1) is 11.8 Å². The van der Waals surface area contributed by atoms with E-state index in [0.717, 1.165) is 0 Å². The Hall–Kier alpha value is -2.38. The summed E-state index contributed by atoms with van der Waals surface area (Å²) >= 11 is 5.89. The second kappa shape index (κ2) is 5.51. The maximum Gasteiger partial charge on any atom is 0.159 e. The topological polar surface area (TPSA) is 68.9 Å². The second-order valence-electron chi connectivity index (χ2n) is 3.81. The van der Waals surface area contributed by atoms with Gasteiger partial charge in [0.2, 0.25) is 0 Å². The average Bonchev–Trinajstić information content (AvgIpc) is 2.38. The molecule has 4 nitrogen and oxygen atoms in total. The number of aromatic nitrogens is 2. The van der Waals surface area contributed by atoms with Crippen LogP contribution in [0.25, 0.3) is 0 Å². The molecular weight excluding hydrogens is 262 g/mol. The molecule has 0 aliphatic heterocycles. The van der Waals surface area contributed by atoms with E-state index in [0.29, 0.717) is 16.7 Å². The van der Waals surface area contributed by atoms with E-state index in [9.17, 15) is 4.79 Å². The summed E-state index contributed by atoms with van der Waals surface area (Å²) in [5, 5.41) is 0.211. The maximum atomic E-state index is 11.3. The number of ketones is 1. The Morgan fingerprint density at radius 2 is 2.11 bits per heavy atom. The number of nitrogens with two attached hydrogens (primary N) is 1. The zero-order chi connectivity index (χ0) is 13.8. The minimum absolute atomic E-state index is 0.00996. The molecule has 0 spiro atoms. The summed E-state index contributed by atoms with van der Waals surface area (Å²) in [5.41, 5.74) is 7.37. The molecule has 0 unspecified atom stereocenters.